The number of hydrogen-bond donors (Lipinski definition) is 1. The van der Waals surface area contributed by atoms with E-state index < -0.39 is 57.1 Å². The van der Waals surface area contributed by atoms with Crippen LogP contribution in [0.2, 0.25) is 0 Å². The molecule has 0 heterocycles. The van der Waals surface area contributed by atoms with Gasteiger partial charge in [-0.05, 0) is 0 Å². The van der Waals surface area contributed by atoms with Gasteiger partial charge in [-0.3, -0.25) is 4.55 Å². The third-order valence-electron chi connectivity index (χ3n) is 3.17. The summed E-state index contributed by atoms with van der Waals surface area (Å²) in [4.78, 5) is 0. The average Bonchev–Trinajstić information content (AvgIpc) is 2.30. The zero-order valence-electron chi connectivity index (χ0n) is 12.1. The monoisotopic (exact) mass is 500 g/mol. The maximum atomic E-state index is 13.5. The molecule has 0 fully saturated rings. The molecule has 0 bridgehead atoms. The van der Waals surface area contributed by atoms with E-state index in [2.05, 4.69) is 0 Å². The topological polar surface area (TPSA) is 54.4 Å². The van der Waals surface area contributed by atoms with Gasteiger partial charge in [-0.2, -0.15) is 83.1 Å². The molecule has 0 radical (unpaired) electrons. The Morgan fingerprint density at radius 2 is 0.621 bits per heavy atom. The van der Waals surface area contributed by atoms with Gasteiger partial charge < -0.3 is 0 Å². The van der Waals surface area contributed by atoms with Gasteiger partial charge in [0.2, 0.25) is 0 Å². The van der Waals surface area contributed by atoms with Crippen LogP contribution in [-0.2, 0) is 10.1 Å². The molecule has 21 heteroatoms. The minimum atomic E-state index is -9.08. The van der Waals surface area contributed by atoms with Crippen molar-refractivity contribution in [1.29, 1.82) is 0 Å². The summed E-state index contributed by atoms with van der Waals surface area (Å²) in [5.41, 5.74) is 0. The lowest BCUT2D eigenvalue weighted by atomic mass is 9.83. The van der Waals surface area contributed by atoms with Gasteiger partial charge in [-0.25, -0.2) is 0 Å². The van der Waals surface area contributed by atoms with Crippen molar-refractivity contribution in [3.63, 3.8) is 0 Å². The van der Waals surface area contributed by atoms with Gasteiger partial charge in [0.1, 0.15) is 0 Å². The van der Waals surface area contributed by atoms with Crippen molar-refractivity contribution >= 4 is 10.1 Å². The predicted molar refractivity (Wildman–Crippen MR) is 52.2 cm³/mol. The van der Waals surface area contributed by atoms with Crippen LogP contribution in [0.15, 0.2) is 0 Å². The number of rotatable bonds is 5. The van der Waals surface area contributed by atoms with Gasteiger partial charge in [-0.1, -0.05) is 0 Å². The maximum absolute atomic E-state index is 13.5. The Labute approximate surface area is 146 Å². The maximum Gasteiger partial charge on any atom is 0.459 e. The quantitative estimate of drug-likeness (QED) is 0.435. The predicted octanol–water partition coefficient (Wildman–Crippen LogP) is 4.84. The second-order valence-electron chi connectivity index (χ2n) is 4.95. The molecule has 0 aliphatic heterocycles. The van der Waals surface area contributed by atoms with Crippen molar-refractivity contribution in [2.45, 2.75) is 47.0 Å². The molecule has 0 rings (SSSR count). The van der Waals surface area contributed by atoms with Crippen molar-refractivity contribution in [3.8, 4) is 0 Å². The molecule has 29 heavy (non-hydrogen) atoms. The minimum absolute atomic E-state index is 8.08. The molecule has 0 spiro atoms. The lowest BCUT2D eigenvalue weighted by Crippen LogP contribution is -2.82. The highest BCUT2D eigenvalue weighted by atomic mass is 32.2. The molecule has 0 aromatic carbocycles. The largest absolute Gasteiger partial charge is 0.459 e. The highest BCUT2D eigenvalue weighted by Gasteiger charge is 3.01. The van der Waals surface area contributed by atoms with E-state index >= 15 is 0 Å². The van der Waals surface area contributed by atoms with E-state index in [1.807, 2.05) is 0 Å². The second-order valence-corrected chi connectivity index (χ2v) is 6.51. The van der Waals surface area contributed by atoms with E-state index in [1.54, 1.807) is 0 Å². The average molecular weight is 500 g/mol. The van der Waals surface area contributed by atoms with Gasteiger partial charge in [0.15, 0.2) is 0 Å². The van der Waals surface area contributed by atoms with E-state index in [1.165, 1.54) is 0 Å². The van der Waals surface area contributed by atoms with Gasteiger partial charge in [0, 0.05) is 0 Å². The molecule has 0 aromatic heterocycles. The fourth-order valence-corrected chi connectivity index (χ4v) is 3.02. The van der Waals surface area contributed by atoms with E-state index in [9.17, 15) is 83.1 Å². The van der Waals surface area contributed by atoms with Crippen LogP contribution in [-0.4, -0.2) is 59.9 Å². The first-order valence-corrected chi connectivity index (χ1v) is 7.12. The molecular formula is C8HF17O3S. The van der Waals surface area contributed by atoms with Crippen LogP contribution in [0.25, 0.3) is 0 Å². The summed E-state index contributed by atoms with van der Waals surface area (Å²) in [6.07, 6.45) is -24.9. The summed E-state index contributed by atoms with van der Waals surface area (Å²) in [7, 11) is -9.07. The van der Waals surface area contributed by atoms with Crippen LogP contribution >= 0.6 is 0 Å². The molecule has 0 saturated carbocycles. The van der Waals surface area contributed by atoms with Gasteiger partial charge >= 0.3 is 47.0 Å². The molecule has 3 nitrogen and oxygen atoms in total. The zero-order chi connectivity index (χ0) is 24.5. The molecule has 176 valence electrons. The van der Waals surface area contributed by atoms with Gasteiger partial charge in [0.25, 0.3) is 10.1 Å². The molecule has 0 aliphatic rings. The molecule has 0 aromatic rings. The Hall–Kier alpha value is -1.28. The molecule has 0 atom stereocenters. The highest BCUT2D eigenvalue weighted by molar-refractivity contribution is 7.87. The van der Waals surface area contributed by atoms with Crippen molar-refractivity contribution in [2.24, 2.45) is 0 Å². The number of hydrogen-bond acceptors (Lipinski definition) is 2. The number of halogens is 17. The Morgan fingerprint density at radius 3 is 0.724 bits per heavy atom. The fraction of sp³-hybridized carbons (Fsp3) is 1.00. The van der Waals surface area contributed by atoms with Gasteiger partial charge in [-0.15, -0.1) is 0 Å². The smallest absolute Gasteiger partial charge is 0.284 e. The lowest BCUT2D eigenvalue weighted by molar-refractivity contribution is -0.432. The third kappa shape index (κ3) is 3.26. The summed E-state index contributed by atoms with van der Waals surface area (Å²) in [5, 5.41) is 0. The summed E-state index contributed by atoms with van der Waals surface area (Å²) in [6, 6.07) is 0. The Bertz CT molecular complexity index is 685. The van der Waals surface area contributed by atoms with Gasteiger partial charge in [0.05, 0.1) is 0 Å². The first-order valence-electron chi connectivity index (χ1n) is 5.68. The Morgan fingerprint density at radius 1 is 0.414 bits per heavy atom. The van der Waals surface area contributed by atoms with E-state index in [-0.39, 0.29) is 0 Å². The van der Waals surface area contributed by atoms with Crippen LogP contribution in [0.5, 0.6) is 0 Å². The SMILES string of the molecule is O=S(=O)(O)C(C(F)(F)F)(C(F)(F)C(F)(F)C(F)(F)F)C(F)(F)C(F)(F)C(F)(F)F. The first kappa shape index (κ1) is 27.7. The van der Waals surface area contributed by atoms with Crippen LogP contribution in [0.4, 0.5) is 74.6 Å². The van der Waals surface area contributed by atoms with Crippen molar-refractivity contribution < 1.29 is 87.6 Å². The molecule has 0 amide bonds. The summed E-state index contributed by atoms with van der Waals surface area (Å²) in [6.45, 7) is 0. The summed E-state index contributed by atoms with van der Waals surface area (Å²) < 4.78 is 236. The molecule has 0 unspecified atom stereocenters. The summed E-state index contributed by atoms with van der Waals surface area (Å²) >= 11 is 0. The Balaban J connectivity index is 7.97. The van der Waals surface area contributed by atoms with Crippen molar-refractivity contribution in [3.05, 3.63) is 0 Å². The lowest BCUT2D eigenvalue weighted by Gasteiger charge is -2.47. The van der Waals surface area contributed by atoms with Crippen molar-refractivity contribution in [2.75, 3.05) is 0 Å². The Kier molecular flexibility index (Phi) is 6.08. The zero-order valence-corrected chi connectivity index (χ0v) is 12.9. The second kappa shape index (κ2) is 6.36. The molecule has 0 aliphatic carbocycles. The van der Waals surface area contributed by atoms with E-state index in [0.29, 0.717) is 0 Å². The van der Waals surface area contributed by atoms with Crippen LogP contribution in [0.1, 0.15) is 0 Å². The number of alkyl halides is 17. The summed E-state index contributed by atoms with van der Waals surface area (Å²) in [5.74, 6) is -35.4. The molecule has 0 saturated heterocycles. The fourth-order valence-electron chi connectivity index (χ4n) is 1.82. The van der Waals surface area contributed by atoms with E-state index in [4.69, 9.17) is 4.55 Å². The van der Waals surface area contributed by atoms with Crippen molar-refractivity contribution in [1.82, 2.24) is 0 Å². The van der Waals surface area contributed by atoms with Crippen LogP contribution in [0, 0.1) is 0 Å². The van der Waals surface area contributed by atoms with E-state index in [0.717, 1.165) is 0 Å². The highest BCUT2D eigenvalue weighted by Crippen LogP contribution is 2.67. The minimum Gasteiger partial charge on any atom is -0.284 e. The van der Waals surface area contributed by atoms with Crippen LogP contribution < -0.4 is 0 Å². The van der Waals surface area contributed by atoms with Crippen LogP contribution in [0.3, 0.4) is 0 Å². The molecule has 1 N–H and O–H groups in total. The third-order valence-corrected chi connectivity index (χ3v) is 4.69. The standard InChI is InChI=1S/C8HF17O3S/c9-2(10,4(13,14)7(20,21)22)1(6(17,18)19,29(26,27)28)3(11,12)5(15,16)8(23,24)25/h(H,26,27,28). The first-order chi connectivity index (χ1) is 12.0. The molecular weight excluding hydrogens is 499 g/mol. The normalized spacial score (nSPS) is 16.9.